The zero-order valence-electron chi connectivity index (χ0n) is 13.1. The number of rotatable bonds is 4. The number of nitrogens with two attached hydrogens (primary N) is 1. The Hall–Kier alpha value is -2.44. The van der Waals surface area contributed by atoms with E-state index in [1.165, 1.54) is 18.5 Å². The van der Waals surface area contributed by atoms with Crippen molar-refractivity contribution >= 4 is 29.0 Å². The second kappa shape index (κ2) is 7.21. The molecule has 0 fully saturated rings. The van der Waals surface area contributed by atoms with Gasteiger partial charge in [0.05, 0.1) is 5.02 Å². The molecule has 1 unspecified atom stereocenters. The molecule has 0 amide bonds. The fraction of sp³-hybridized carbons (Fsp3) is 0.118. The van der Waals surface area contributed by atoms with E-state index in [0.29, 0.717) is 16.3 Å². The third kappa shape index (κ3) is 3.65. The minimum atomic E-state index is -0.637. The minimum Gasteiger partial charge on any atom is -0.482 e. The number of halogens is 3. The average Bonchev–Trinajstić information content (AvgIpc) is 2.61. The van der Waals surface area contributed by atoms with Crippen LogP contribution in [-0.4, -0.2) is 15.0 Å². The number of nitrogens with zero attached hydrogens (tertiary/aromatic N) is 3. The van der Waals surface area contributed by atoms with Crippen LogP contribution < -0.4 is 10.5 Å². The van der Waals surface area contributed by atoms with E-state index < -0.39 is 11.9 Å². The zero-order valence-corrected chi connectivity index (χ0v) is 14.6. The Morgan fingerprint density at radius 1 is 1.12 bits per heavy atom. The Morgan fingerprint density at radius 3 is 2.56 bits per heavy atom. The third-order valence-electron chi connectivity index (χ3n) is 3.57. The van der Waals surface area contributed by atoms with E-state index in [4.69, 9.17) is 33.7 Å². The van der Waals surface area contributed by atoms with E-state index in [2.05, 4.69) is 15.0 Å². The maximum Gasteiger partial charge on any atom is 0.166 e. The standard InChI is InChI=1S/C17H13Cl2FN4O/c1-9(15-12(18)2-3-13(20)16(15)19)25-14-4-10(7-24-17(14)21)11-5-22-8-23-6-11/h2-9H,1H3,(H2,21,24). The number of pyridine rings is 1. The van der Waals surface area contributed by atoms with Gasteiger partial charge in [0.25, 0.3) is 0 Å². The summed E-state index contributed by atoms with van der Waals surface area (Å²) in [5, 5.41) is 0.220. The Kier molecular flexibility index (Phi) is 5.01. The molecule has 128 valence electrons. The van der Waals surface area contributed by atoms with E-state index in [9.17, 15) is 4.39 Å². The van der Waals surface area contributed by atoms with Crippen LogP contribution in [0.15, 0.2) is 43.1 Å². The average molecular weight is 379 g/mol. The minimum absolute atomic E-state index is 0.0841. The third-order valence-corrected chi connectivity index (χ3v) is 4.28. The number of ether oxygens (including phenoxy) is 1. The van der Waals surface area contributed by atoms with Gasteiger partial charge in [-0.15, -0.1) is 0 Å². The molecule has 25 heavy (non-hydrogen) atoms. The van der Waals surface area contributed by atoms with E-state index >= 15 is 0 Å². The molecule has 0 spiro atoms. The largest absolute Gasteiger partial charge is 0.482 e. The highest BCUT2D eigenvalue weighted by molar-refractivity contribution is 6.36. The van der Waals surface area contributed by atoms with Gasteiger partial charge in [-0.05, 0) is 25.1 Å². The molecule has 8 heteroatoms. The lowest BCUT2D eigenvalue weighted by atomic mass is 10.1. The molecule has 1 atom stereocenters. The molecule has 0 aliphatic carbocycles. The van der Waals surface area contributed by atoms with E-state index in [1.807, 2.05) is 0 Å². The second-order valence-corrected chi connectivity index (χ2v) is 6.04. The van der Waals surface area contributed by atoms with Gasteiger partial charge < -0.3 is 10.5 Å². The van der Waals surface area contributed by atoms with E-state index in [-0.39, 0.29) is 10.8 Å². The number of hydrogen-bond acceptors (Lipinski definition) is 5. The molecule has 2 aromatic heterocycles. The number of aromatic nitrogens is 3. The fourth-order valence-corrected chi connectivity index (χ4v) is 3.00. The molecular formula is C17H13Cl2FN4O. The Balaban J connectivity index is 1.94. The molecule has 1 aromatic carbocycles. The van der Waals surface area contributed by atoms with Crippen molar-refractivity contribution in [3.05, 3.63) is 64.5 Å². The first-order chi connectivity index (χ1) is 12.0. The van der Waals surface area contributed by atoms with Crippen molar-refractivity contribution < 1.29 is 9.13 Å². The van der Waals surface area contributed by atoms with Crippen molar-refractivity contribution in [1.29, 1.82) is 0 Å². The van der Waals surface area contributed by atoms with Gasteiger partial charge in [0.15, 0.2) is 11.6 Å². The summed E-state index contributed by atoms with van der Waals surface area (Å²) in [6.45, 7) is 1.70. The predicted molar refractivity (Wildman–Crippen MR) is 95.1 cm³/mol. The highest BCUT2D eigenvalue weighted by Gasteiger charge is 2.20. The highest BCUT2D eigenvalue weighted by atomic mass is 35.5. The van der Waals surface area contributed by atoms with Crippen LogP contribution >= 0.6 is 23.2 Å². The number of hydrogen-bond donors (Lipinski definition) is 1. The van der Waals surface area contributed by atoms with Crippen LogP contribution in [-0.2, 0) is 0 Å². The number of benzene rings is 1. The van der Waals surface area contributed by atoms with Crippen molar-refractivity contribution in [3.63, 3.8) is 0 Å². The topological polar surface area (TPSA) is 73.9 Å². The Morgan fingerprint density at radius 2 is 1.84 bits per heavy atom. The molecule has 0 bridgehead atoms. The quantitative estimate of drug-likeness (QED) is 0.665. The Labute approximate surface area is 153 Å². The first-order valence-corrected chi connectivity index (χ1v) is 8.04. The van der Waals surface area contributed by atoms with Gasteiger partial charge in [0, 0.05) is 40.3 Å². The van der Waals surface area contributed by atoms with Gasteiger partial charge in [-0.25, -0.2) is 19.3 Å². The summed E-state index contributed by atoms with van der Waals surface area (Å²) in [4.78, 5) is 12.1. The summed E-state index contributed by atoms with van der Waals surface area (Å²) in [5.74, 6) is -0.0563. The predicted octanol–water partition coefficient (Wildman–Crippen LogP) is 4.71. The molecule has 0 saturated heterocycles. The first kappa shape index (κ1) is 17.4. The van der Waals surface area contributed by atoms with Crippen LogP contribution in [0.1, 0.15) is 18.6 Å². The monoisotopic (exact) mass is 378 g/mol. The van der Waals surface area contributed by atoms with Crippen molar-refractivity contribution in [1.82, 2.24) is 15.0 Å². The highest BCUT2D eigenvalue weighted by Crippen LogP contribution is 2.36. The van der Waals surface area contributed by atoms with Crippen LogP contribution in [0.3, 0.4) is 0 Å². The molecule has 0 aliphatic rings. The lowest BCUT2D eigenvalue weighted by Crippen LogP contribution is -2.08. The maximum absolute atomic E-state index is 13.7. The zero-order chi connectivity index (χ0) is 18.0. The summed E-state index contributed by atoms with van der Waals surface area (Å²) in [6, 6.07) is 4.34. The van der Waals surface area contributed by atoms with Gasteiger partial charge in [0.1, 0.15) is 18.2 Å². The van der Waals surface area contributed by atoms with E-state index in [1.54, 1.807) is 31.6 Å². The maximum atomic E-state index is 13.7. The normalized spacial score (nSPS) is 12.0. The molecule has 5 nitrogen and oxygen atoms in total. The molecule has 3 rings (SSSR count). The van der Waals surface area contributed by atoms with Gasteiger partial charge in [-0.2, -0.15) is 0 Å². The molecular weight excluding hydrogens is 366 g/mol. The Bertz CT molecular complexity index is 909. The second-order valence-electron chi connectivity index (χ2n) is 5.25. The number of nitrogen functional groups attached to an aromatic ring is 1. The van der Waals surface area contributed by atoms with Crippen molar-refractivity contribution in [2.75, 3.05) is 5.73 Å². The van der Waals surface area contributed by atoms with Crippen LogP contribution in [0.2, 0.25) is 10.0 Å². The summed E-state index contributed by atoms with van der Waals surface area (Å²) < 4.78 is 19.6. The van der Waals surface area contributed by atoms with Crippen LogP contribution in [0.4, 0.5) is 10.2 Å². The van der Waals surface area contributed by atoms with Gasteiger partial charge in [0.2, 0.25) is 0 Å². The van der Waals surface area contributed by atoms with Gasteiger partial charge in [-0.1, -0.05) is 23.2 Å². The summed E-state index contributed by atoms with van der Waals surface area (Å²) in [7, 11) is 0. The summed E-state index contributed by atoms with van der Waals surface area (Å²) in [6.07, 6.45) is 5.68. The van der Waals surface area contributed by atoms with Crippen LogP contribution in [0, 0.1) is 5.82 Å². The molecule has 2 N–H and O–H groups in total. The molecule has 3 aromatic rings. The molecule has 0 saturated carbocycles. The molecule has 0 aliphatic heterocycles. The number of anilines is 1. The fourth-order valence-electron chi connectivity index (χ4n) is 2.32. The lowest BCUT2D eigenvalue weighted by molar-refractivity contribution is 0.227. The van der Waals surface area contributed by atoms with Gasteiger partial charge >= 0.3 is 0 Å². The van der Waals surface area contributed by atoms with Crippen LogP contribution in [0.5, 0.6) is 5.75 Å². The van der Waals surface area contributed by atoms with Crippen molar-refractivity contribution in [2.24, 2.45) is 0 Å². The summed E-state index contributed by atoms with van der Waals surface area (Å²) >= 11 is 12.2. The van der Waals surface area contributed by atoms with Crippen molar-refractivity contribution in [3.8, 4) is 16.9 Å². The molecule has 2 heterocycles. The molecule has 0 radical (unpaired) electrons. The van der Waals surface area contributed by atoms with E-state index in [0.717, 1.165) is 11.1 Å². The smallest absolute Gasteiger partial charge is 0.166 e. The first-order valence-electron chi connectivity index (χ1n) is 7.28. The van der Waals surface area contributed by atoms with Crippen LogP contribution in [0.25, 0.3) is 11.1 Å². The summed E-state index contributed by atoms with van der Waals surface area (Å²) in [5.41, 5.74) is 7.72. The van der Waals surface area contributed by atoms with Gasteiger partial charge in [-0.3, -0.25) is 0 Å². The lowest BCUT2D eigenvalue weighted by Gasteiger charge is -2.19. The van der Waals surface area contributed by atoms with Crippen molar-refractivity contribution in [2.45, 2.75) is 13.0 Å². The SMILES string of the molecule is CC(Oc1cc(-c2cncnc2)cnc1N)c1c(Cl)ccc(F)c1Cl.